The standard InChI is InChI=1S/C26H25N3O6S/c1-3-16-12-20(15-29-13-19(14-29)34-26(30)31)36-23(16)24-27-25(35-28-24)17-8-10-18(11-9-17)33-22-7-5-4-6-21(22)32-2/h4-12,19H,3,13-15H2,1-2H3,(H,30,31). The summed E-state index contributed by atoms with van der Waals surface area (Å²) in [6.07, 6.45) is -0.633. The SMILES string of the molecule is CCc1cc(CN2CC(OC(=O)O)C2)sc1-c1noc(-c2ccc(Oc3ccccc3OC)cc2)n1. The molecule has 10 heteroatoms. The maximum absolute atomic E-state index is 10.7. The zero-order chi connectivity index (χ0) is 25.1. The van der Waals surface area contributed by atoms with E-state index in [0.29, 0.717) is 42.1 Å². The van der Waals surface area contributed by atoms with Gasteiger partial charge in [-0.05, 0) is 54.4 Å². The Hall–Kier alpha value is -3.89. The zero-order valence-corrected chi connectivity index (χ0v) is 20.7. The van der Waals surface area contributed by atoms with E-state index in [1.165, 1.54) is 4.88 Å². The Labute approximate surface area is 211 Å². The molecule has 0 saturated carbocycles. The minimum absolute atomic E-state index is 0.251. The van der Waals surface area contributed by atoms with Crippen LogP contribution in [0.3, 0.4) is 0 Å². The van der Waals surface area contributed by atoms with E-state index in [9.17, 15) is 4.79 Å². The molecule has 0 unspecified atom stereocenters. The summed E-state index contributed by atoms with van der Waals surface area (Å²) in [7, 11) is 1.61. The van der Waals surface area contributed by atoms with Gasteiger partial charge in [0.05, 0.1) is 12.0 Å². The maximum atomic E-state index is 10.7. The first-order valence-electron chi connectivity index (χ1n) is 11.5. The van der Waals surface area contributed by atoms with Crippen molar-refractivity contribution >= 4 is 17.5 Å². The van der Waals surface area contributed by atoms with Crippen molar-refractivity contribution in [1.82, 2.24) is 15.0 Å². The molecule has 9 nitrogen and oxygen atoms in total. The minimum atomic E-state index is -1.22. The van der Waals surface area contributed by atoms with Crippen LogP contribution in [0.25, 0.3) is 22.2 Å². The van der Waals surface area contributed by atoms with Crippen LogP contribution in [-0.4, -0.2) is 52.6 Å². The molecular weight excluding hydrogens is 482 g/mol. The fourth-order valence-corrected chi connectivity index (χ4v) is 5.25. The lowest BCUT2D eigenvalue weighted by Crippen LogP contribution is -2.51. The van der Waals surface area contributed by atoms with Crippen molar-refractivity contribution in [2.75, 3.05) is 20.2 Å². The van der Waals surface area contributed by atoms with Gasteiger partial charge in [0, 0.05) is 30.1 Å². The van der Waals surface area contributed by atoms with E-state index in [1.54, 1.807) is 18.4 Å². The first-order chi connectivity index (χ1) is 17.5. The number of methoxy groups -OCH3 is 1. The number of hydrogen-bond acceptors (Lipinski definition) is 9. The summed E-state index contributed by atoms with van der Waals surface area (Å²) in [6, 6.07) is 17.1. The molecule has 2 aromatic heterocycles. The van der Waals surface area contributed by atoms with Crippen molar-refractivity contribution in [2.45, 2.75) is 26.0 Å². The van der Waals surface area contributed by atoms with Crippen molar-refractivity contribution < 1.29 is 28.6 Å². The number of para-hydroxylation sites is 2. The first kappa shape index (κ1) is 23.8. The summed E-state index contributed by atoms with van der Waals surface area (Å²) in [4.78, 5) is 19.6. The molecule has 2 aromatic carbocycles. The molecule has 1 N–H and O–H groups in total. The average molecular weight is 508 g/mol. The van der Waals surface area contributed by atoms with Gasteiger partial charge in [0.1, 0.15) is 11.9 Å². The zero-order valence-electron chi connectivity index (χ0n) is 19.8. The van der Waals surface area contributed by atoms with Crippen LogP contribution >= 0.6 is 11.3 Å². The summed E-state index contributed by atoms with van der Waals surface area (Å²) < 4.78 is 21.7. The Bertz CT molecular complexity index is 1340. The molecule has 0 bridgehead atoms. The monoisotopic (exact) mass is 507 g/mol. The maximum Gasteiger partial charge on any atom is 0.506 e. The molecule has 0 atom stereocenters. The van der Waals surface area contributed by atoms with Crippen molar-refractivity contribution in [3.8, 4) is 39.4 Å². The van der Waals surface area contributed by atoms with Crippen molar-refractivity contribution in [1.29, 1.82) is 0 Å². The van der Waals surface area contributed by atoms with E-state index < -0.39 is 6.16 Å². The number of aryl methyl sites for hydroxylation is 1. The number of carbonyl (C=O) groups is 1. The third-order valence-electron chi connectivity index (χ3n) is 5.84. The van der Waals surface area contributed by atoms with Crippen molar-refractivity contribution in [3.63, 3.8) is 0 Å². The number of thiophene rings is 1. The highest BCUT2D eigenvalue weighted by Gasteiger charge is 2.30. The van der Waals surface area contributed by atoms with Gasteiger partial charge in [-0.2, -0.15) is 4.98 Å². The summed E-state index contributed by atoms with van der Waals surface area (Å²) >= 11 is 1.63. The van der Waals surface area contributed by atoms with Gasteiger partial charge < -0.3 is 23.8 Å². The highest BCUT2D eigenvalue weighted by molar-refractivity contribution is 7.15. The van der Waals surface area contributed by atoms with E-state index in [1.807, 2.05) is 48.5 Å². The van der Waals surface area contributed by atoms with Crippen LogP contribution in [0.5, 0.6) is 17.2 Å². The Balaban J connectivity index is 1.27. The first-order valence-corrected chi connectivity index (χ1v) is 12.3. The molecule has 0 spiro atoms. The van der Waals surface area contributed by atoms with Gasteiger partial charge in [-0.25, -0.2) is 4.79 Å². The van der Waals surface area contributed by atoms with Gasteiger partial charge in [-0.15, -0.1) is 11.3 Å². The predicted octanol–water partition coefficient (Wildman–Crippen LogP) is 5.71. The highest BCUT2D eigenvalue weighted by atomic mass is 32.1. The third-order valence-corrected chi connectivity index (χ3v) is 7.00. The number of likely N-dealkylation sites (tertiary alicyclic amines) is 1. The van der Waals surface area contributed by atoms with Crippen LogP contribution in [0.2, 0.25) is 0 Å². The third kappa shape index (κ3) is 5.19. The summed E-state index contributed by atoms with van der Waals surface area (Å²) in [5.41, 5.74) is 1.95. The number of carboxylic acid groups (broad SMARTS) is 1. The lowest BCUT2D eigenvalue weighted by atomic mass is 10.1. The second-order valence-electron chi connectivity index (χ2n) is 8.32. The van der Waals surface area contributed by atoms with E-state index in [-0.39, 0.29) is 6.10 Å². The largest absolute Gasteiger partial charge is 0.506 e. The number of benzene rings is 2. The molecular formula is C26H25N3O6S. The van der Waals surface area contributed by atoms with Gasteiger partial charge in [-0.3, -0.25) is 4.90 Å². The fourth-order valence-electron chi connectivity index (χ4n) is 4.03. The molecule has 4 aromatic rings. The van der Waals surface area contributed by atoms with E-state index >= 15 is 0 Å². The summed E-state index contributed by atoms with van der Waals surface area (Å²) in [6.45, 7) is 4.03. The lowest BCUT2D eigenvalue weighted by molar-refractivity contribution is -0.0359. The molecule has 186 valence electrons. The number of rotatable bonds is 9. The second kappa shape index (κ2) is 10.4. The van der Waals surface area contributed by atoms with Crippen LogP contribution in [0.15, 0.2) is 59.1 Å². The Kier molecular flexibility index (Phi) is 6.88. The average Bonchev–Trinajstić information content (AvgIpc) is 3.50. The number of nitrogens with zero attached hydrogens (tertiary/aromatic N) is 3. The van der Waals surface area contributed by atoms with Crippen LogP contribution in [0, 0.1) is 0 Å². The molecule has 0 radical (unpaired) electrons. The molecule has 3 heterocycles. The van der Waals surface area contributed by atoms with Gasteiger partial charge in [-0.1, -0.05) is 24.2 Å². The van der Waals surface area contributed by atoms with Crippen molar-refractivity contribution in [2.24, 2.45) is 0 Å². The van der Waals surface area contributed by atoms with Gasteiger partial charge in [0.15, 0.2) is 11.5 Å². The molecule has 1 fully saturated rings. The normalized spacial score (nSPS) is 13.8. The van der Waals surface area contributed by atoms with E-state index in [2.05, 4.69) is 28.0 Å². The second-order valence-corrected chi connectivity index (χ2v) is 9.46. The fraction of sp³-hybridized carbons (Fsp3) is 0.269. The van der Waals surface area contributed by atoms with Gasteiger partial charge in [0.25, 0.3) is 5.89 Å². The molecule has 0 amide bonds. The topological polar surface area (TPSA) is 107 Å². The molecule has 1 aliphatic rings. The van der Waals surface area contributed by atoms with Gasteiger partial charge in [0.2, 0.25) is 5.82 Å². The van der Waals surface area contributed by atoms with Crippen LogP contribution in [0.1, 0.15) is 17.4 Å². The number of aromatic nitrogens is 2. The predicted molar refractivity (Wildman–Crippen MR) is 134 cm³/mol. The molecule has 0 aliphatic carbocycles. The van der Waals surface area contributed by atoms with Crippen LogP contribution in [-0.2, 0) is 17.7 Å². The quantitative estimate of drug-likeness (QED) is 0.285. The molecule has 5 rings (SSSR count). The Morgan fingerprint density at radius 2 is 1.92 bits per heavy atom. The van der Waals surface area contributed by atoms with Crippen LogP contribution in [0.4, 0.5) is 4.79 Å². The van der Waals surface area contributed by atoms with E-state index in [4.69, 9.17) is 23.8 Å². The Morgan fingerprint density at radius 1 is 1.17 bits per heavy atom. The Morgan fingerprint density at radius 3 is 2.61 bits per heavy atom. The van der Waals surface area contributed by atoms with Crippen LogP contribution < -0.4 is 9.47 Å². The highest BCUT2D eigenvalue weighted by Crippen LogP contribution is 2.35. The minimum Gasteiger partial charge on any atom is -0.493 e. The molecule has 1 aliphatic heterocycles. The van der Waals surface area contributed by atoms with Crippen molar-refractivity contribution in [3.05, 3.63) is 65.0 Å². The molecule has 36 heavy (non-hydrogen) atoms. The number of hydrogen-bond donors (Lipinski definition) is 1. The van der Waals surface area contributed by atoms with E-state index in [0.717, 1.165) is 29.0 Å². The van der Waals surface area contributed by atoms with Gasteiger partial charge >= 0.3 is 6.16 Å². The molecule has 1 saturated heterocycles. The smallest absolute Gasteiger partial charge is 0.493 e. The lowest BCUT2D eigenvalue weighted by Gasteiger charge is -2.37. The summed E-state index contributed by atoms with van der Waals surface area (Å²) in [5, 5.41) is 13.0. The number of ether oxygens (including phenoxy) is 3. The summed E-state index contributed by atoms with van der Waals surface area (Å²) in [5.74, 6) is 2.95.